The fraction of sp³-hybridized carbons (Fsp3) is 0.188. The largest absolute Gasteiger partial charge is 0.462 e. The number of carbonyl (C=O) groups is 1. The van der Waals surface area contributed by atoms with Crippen LogP contribution in [0.25, 0.3) is 16.4 Å². The van der Waals surface area contributed by atoms with E-state index in [1.54, 1.807) is 29.6 Å². The van der Waals surface area contributed by atoms with Crippen LogP contribution in [-0.4, -0.2) is 27.3 Å². The lowest BCUT2D eigenvalue weighted by molar-refractivity contribution is -0.143. The van der Waals surface area contributed by atoms with Crippen LogP contribution in [0.2, 0.25) is 0 Å². The number of nitrogens with zero attached hydrogens (tertiary/aromatic N) is 3. The molecule has 2 heterocycles. The average Bonchev–Trinajstić information content (AvgIpc) is 3.21. The van der Waals surface area contributed by atoms with Crippen LogP contribution >= 0.6 is 11.3 Å². The van der Waals surface area contributed by atoms with Gasteiger partial charge in [-0.15, -0.1) is 11.3 Å². The number of hydrogen-bond donors (Lipinski definition) is 1. The minimum atomic E-state index is -4.80. The fourth-order valence-electron chi connectivity index (χ4n) is 2.32. The Bertz CT molecular complexity index is 949. The van der Waals surface area contributed by atoms with E-state index in [0.717, 1.165) is 17.5 Å². The van der Waals surface area contributed by atoms with Gasteiger partial charge >= 0.3 is 12.1 Å². The van der Waals surface area contributed by atoms with Crippen LogP contribution in [0.3, 0.4) is 0 Å². The summed E-state index contributed by atoms with van der Waals surface area (Å²) in [6.45, 7) is 1.46. The number of rotatable bonds is 4. The molecule has 3 aromatic rings. The third-order valence-electron chi connectivity index (χ3n) is 3.39. The Kier molecular flexibility index (Phi) is 4.68. The van der Waals surface area contributed by atoms with Crippen molar-refractivity contribution >= 4 is 23.0 Å². The lowest BCUT2D eigenvalue weighted by atomic mass is 10.1. The third-order valence-corrected chi connectivity index (χ3v) is 4.20. The zero-order chi connectivity index (χ0) is 18.9. The molecule has 0 radical (unpaired) electrons. The van der Waals surface area contributed by atoms with E-state index in [1.165, 1.54) is 6.92 Å². The van der Waals surface area contributed by atoms with Crippen molar-refractivity contribution in [1.29, 1.82) is 0 Å². The van der Waals surface area contributed by atoms with Crippen LogP contribution in [0, 0.1) is 0 Å². The molecule has 10 heteroatoms. The van der Waals surface area contributed by atoms with E-state index in [1.807, 2.05) is 0 Å². The summed E-state index contributed by atoms with van der Waals surface area (Å²) in [6, 6.07) is 6.82. The van der Waals surface area contributed by atoms with Gasteiger partial charge in [-0.2, -0.15) is 18.3 Å². The van der Waals surface area contributed by atoms with Crippen molar-refractivity contribution < 1.29 is 22.7 Å². The number of nitrogen functional groups attached to an aromatic ring is 1. The van der Waals surface area contributed by atoms with Gasteiger partial charge in [-0.05, 0) is 19.1 Å². The summed E-state index contributed by atoms with van der Waals surface area (Å²) in [5.74, 6) is -1.08. The second kappa shape index (κ2) is 6.79. The second-order valence-electron chi connectivity index (χ2n) is 5.18. The Hall–Kier alpha value is -2.88. The van der Waals surface area contributed by atoms with E-state index >= 15 is 0 Å². The number of ether oxygens (including phenoxy) is 1. The molecular formula is C16H13F3N4O2S. The van der Waals surface area contributed by atoms with Crippen LogP contribution in [0.4, 0.5) is 18.9 Å². The average molecular weight is 382 g/mol. The van der Waals surface area contributed by atoms with Crippen LogP contribution < -0.4 is 5.73 Å². The van der Waals surface area contributed by atoms with Crippen molar-refractivity contribution in [3.05, 3.63) is 47.1 Å². The predicted molar refractivity (Wildman–Crippen MR) is 90.0 cm³/mol. The summed E-state index contributed by atoms with van der Waals surface area (Å²) >= 11 is 0.968. The molecule has 0 amide bonds. The maximum atomic E-state index is 13.5. The van der Waals surface area contributed by atoms with Gasteiger partial charge < -0.3 is 10.5 Å². The van der Waals surface area contributed by atoms with Gasteiger partial charge in [0, 0.05) is 16.6 Å². The summed E-state index contributed by atoms with van der Waals surface area (Å²) in [5.41, 5.74) is 5.48. The zero-order valence-electron chi connectivity index (χ0n) is 13.4. The van der Waals surface area contributed by atoms with E-state index in [2.05, 4.69) is 14.8 Å². The van der Waals surface area contributed by atoms with Crippen molar-refractivity contribution in [2.24, 2.45) is 0 Å². The molecule has 3 rings (SSSR count). The van der Waals surface area contributed by atoms with Gasteiger partial charge in [0.25, 0.3) is 0 Å². The van der Waals surface area contributed by atoms with Crippen molar-refractivity contribution in [2.75, 3.05) is 12.3 Å². The van der Waals surface area contributed by atoms with E-state index in [0.29, 0.717) is 21.6 Å². The number of halogens is 3. The van der Waals surface area contributed by atoms with Crippen molar-refractivity contribution in [3.8, 4) is 16.4 Å². The number of esters is 1. The predicted octanol–water partition coefficient (Wildman–Crippen LogP) is 3.77. The number of anilines is 1. The topological polar surface area (TPSA) is 83.0 Å². The molecule has 26 heavy (non-hydrogen) atoms. The van der Waals surface area contributed by atoms with E-state index in [9.17, 15) is 18.0 Å². The summed E-state index contributed by atoms with van der Waals surface area (Å²) in [6.07, 6.45) is -3.97. The van der Waals surface area contributed by atoms with E-state index < -0.39 is 23.4 Å². The van der Waals surface area contributed by atoms with Gasteiger partial charge in [-0.1, -0.05) is 12.1 Å². The summed E-state index contributed by atoms with van der Waals surface area (Å²) in [4.78, 5) is 16.0. The molecule has 0 aliphatic rings. The minimum absolute atomic E-state index is 0.0229. The Labute approximate surface area is 150 Å². The molecule has 0 saturated carbocycles. The molecule has 0 atom stereocenters. The first-order valence-corrected chi connectivity index (χ1v) is 8.33. The van der Waals surface area contributed by atoms with Crippen LogP contribution in [0.15, 0.2) is 35.8 Å². The summed E-state index contributed by atoms with van der Waals surface area (Å²) < 4.78 is 45.8. The van der Waals surface area contributed by atoms with Gasteiger partial charge in [0.2, 0.25) is 5.13 Å². The molecule has 0 unspecified atom stereocenters. The molecule has 0 aliphatic carbocycles. The Morgan fingerprint density at radius 3 is 2.81 bits per heavy atom. The normalized spacial score (nSPS) is 11.5. The van der Waals surface area contributed by atoms with Crippen molar-refractivity contribution in [2.45, 2.75) is 13.1 Å². The van der Waals surface area contributed by atoms with E-state index in [-0.39, 0.29) is 11.7 Å². The number of nitrogens with two attached hydrogens (primary N) is 1. The highest BCUT2D eigenvalue weighted by molar-refractivity contribution is 7.12. The Balaban J connectivity index is 2.06. The number of benzene rings is 1. The first-order valence-electron chi connectivity index (χ1n) is 7.45. The van der Waals surface area contributed by atoms with Crippen LogP contribution in [0.1, 0.15) is 23.0 Å². The van der Waals surface area contributed by atoms with Gasteiger partial charge in [0.15, 0.2) is 5.69 Å². The number of alkyl halides is 3. The molecule has 2 aromatic heterocycles. The second-order valence-corrected chi connectivity index (χ2v) is 6.01. The molecule has 0 saturated heterocycles. The highest BCUT2D eigenvalue weighted by Gasteiger charge is 2.41. The summed E-state index contributed by atoms with van der Waals surface area (Å²) in [7, 11) is 0. The molecular weight excluding hydrogens is 369 g/mol. The van der Waals surface area contributed by atoms with E-state index in [4.69, 9.17) is 5.73 Å². The molecule has 0 fully saturated rings. The van der Waals surface area contributed by atoms with Crippen molar-refractivity contribution in [1.82, 2.24) is 14.8 Å². The molecule has 1 aromatic carbocycles. The first-order chi connectivity index (χ1) is 12.3. The molecule has 0 spiro atoms. The lowest BCUT2D eigenvalue weighted by Gasteiger charge is -2.10. The molecule has 2 N–H and O–H groups in total. The van der Waals surface area contributed by atoms with Gasteiger partial charge in [-0.25, -0.2) is 14.5 Å². The van der Waals surface area contributed by atoms with Crippen LogP contribution in [-0.2, 0) is 10.9 Å². The lowest BCUT2D eigenvalue weighted by Crippen LogP contribution is -2.18. The van der Waals surface area contributed by atoms with Crippen molar-refractivity contribution in [3.63, 3.8) is 0 Å². The van der Waals surface area contributed by atoms with Crippen LogP contribution in [0.5, 0.6) is 0 Å². The molecule has 0 bridgehead atoms. The number of aromatic nitrogens is 3. The zero-order valence-corrected chi connectivity index (χ0v) is 14.3. The monoisotopic (exact) mass is 382 g/mol. The Morgan fingerprint density at radius 1 is 1.38 bits per heavy atom. The number of carbonyl (C=O) groups excluding carboxylic acids is 1. The number of hydrogen-bond acceptors (Lipinski definition) is 6. The summed E-state index contributed by atoms with van der Waals surface area (Å²) in [5, 5.41) is 5.27. The minimum Gasteiger partial charge on any atom is -0.462 e. The molecule has 6 nitrogen and oxygen atoms in total. The van der Waals surface area contributed by atoms with Gasteiger partial charge in [0.1, 0.15) is 5.56 Å². The van der Waals surface area contributed by atoms with Gasteiger partial charge in [0.05, 0.1) is 18.5 Å². The molecule has 136 valence electrons. The highest BCUT2D eigenvalue weighted by atomic mass is 32.1. The smallest absolute Gasteiger partial charge is 0.434 e. The quantitative estimate of drug-likeness (QED) is 0.549. The fourth-order valence-corrected chi connectivity index (χ4v) is 3.11. The maximum absolute atomic E-state index is 13.5. The highest BCUT2D eigenvalue weighted by Crippen LogP contribution is 2.35. The van der Waals surface area contributed by atoms with Gasteiger partial charge in [-0.3, -0.25) is 0 Å². The molecule has 0 aliphatic heterocycles. The maximum Gasteiger partial charge on any atom is 0.434 e. The first kappa shape index (κ1) is 17.9. The SMILES string of the molecule is CCOC(=O)c1cnn(-c2nc(-c3cccc(N)c3)cs2)c1C(F)(F)F. The number of thiazole rings is 1. The third kappa shape index (κ3) is 3.40. The standard InChI is InChI=1S/C16H13F3N4O2S/c1-2-25-14(24)11-7-21-23(13(11)16(17,18)19)15-22-12(8-26-15)9-4-3-5-10(20)6-9/h3-8H,2,20H2,1H3. The Morgan fingerprint density at radius 2 is 2.15 bits per heavy atom.